The van der Waals surface area contributed by atoms with E-state index in [4.69, 9.17) is 0 Å². The normalized spacial score (nSPS) is 11.1. The number of aromatic nitrogens is 3. The number of hydrogen-bond acceptors (Lipinski definition) is 3. The molecular weight excluding hydrogens is 242 g/mol. The predicted octanol–water partition coefficient (Wildman–Crippen LogP) is 2.17. The van der Waals surface area contributed by atoms with Crippen LogP contribution in [0.2, 0.25) is 0 Å². The smallest absolute Gasteiger partial charge is 0.319 e. The van der Waals surface area contributed by atoms with Crippen molar-refractivity contribution in [3.05, 3.63) is 41.7 Å². The van der Waals surface area contributed by atoms with Gasteiger partial charge in [0.05, 0.1) is 11.7 Å². The second-order valence-corrected chi connectivity index (χ2v) is 4.93. The van der Waals surface area contributed by atoms with Gasteiger partial charge in [0.25, 0.3) is 0 Å². The van der Waals surface area contributed by atoms with Crippen molar-refractivity contribution in [2.75, 3.05) is 5.32 Å². The monoisotopic (exact) mass is 259 g/mol. The molecule has 3 N–H and O–H groups in total. The number of carbonyl (C=O) groups is 1. The summed E-state index contributed by atoms with van der Waals surface area (Å²) in [5.74, 6) is 0. The highest BCUT2D eigenvalue weighted by Crippen LogP contribution is 2.16. The van der Waals surface area contributed by atoms with Crippen LogP contribution in [0.3, 0.4) is 0 Å². The number of aryl methyl sites for hydroxylation is 1. The van der Waals surface area contributed by atoms with E-state index in [9.17, 15) is 4.79 Å². The lowest BCUT2D eigenvalue weighted by Gasteiger charge is -2.23. The number of carbonyl (C=O) groups excluding carboxylic acids is 1. The van der Waals surface area contributed by atoms with Crippen LogP contribution in [0.25, 0.3) is 0 Å². The molecule has 0 fully saturated rings. The maximum absolute atomic E-state index is 12.0. The Bertz CT molecular complexity index is 562. The number of H-pyrrole nitrogens is 1. The van der Waals surface area contributed by atoms with E-state index in [0.717, 1.165) is 11.3 Å². The molecule has 0 spiro atoms. The summed E-state index contributed by atoms with van der Waals surface area (Å²) in [4.78, 5) is 12.0. The average molecular weight is 259 g/mol. The third kappa shape index (κ3) is 3.31. The van der Waals surface area contributed by atoms with Gasteiger partial charge < -0.3 is 10.6 Å². The Morgan fingerprint density at radius 3 is 2.79 bits per heavy atom. The van der Waals surface area contributed by atoms with Crippen LogP contribution in [0.5, 0.6) is 0 Å². The van der Waals surface area contributed by atoms with Crippen molar-refractivity contribution < 1.29 is 4.79 Å². The summed E-state index contributed by atoms with van der Waals surface area (Å²) in [7, 11) is 0. The van der Waals surface area contributed by atoms with Gasteiger partial charge in [-0.1, -0.05) is 12.1 Å². The lowest BCUT2D eigenvalue weighted by atomic mass is 10.0. The van der Waals surface area contributed by atoms with Crippen LogP contribution in [0.1, 0.15) is 25.1 Å². The Kier molecular flexibility index (Phi) is 3.50. The molecule has 0 aliphatic heterocycles. The maximum Gasteiger partial charge on any atom is 0.319 e. The first-order valence-corrected chi connectivity index (χ1v) is 5.99. The second-order valence-electron chi connectivity index (χ2n) is 4.93. The van der Waals surface area contributed by atoms with Gasteiger partial charge in [-0.05, 0) is 38.5 Å². The molecule has 2 aromatic rings. The fraction of sp³-hybridized carbons (Fsp3) is 0.308. The summed E-state index contributed by atoms with van der Waals surface area (Å²) in [5.41, 5.74) is 1.93. The van der Waals surface area contributed by atoms with E-state index in [1.165, 1.54) is 0 Å². The summed E-state index contributed by atoms with van der Waals surface area (Å²) >= 11 is 0. The molecule has 0 saturated heterocycles. The van der Waals surface area contributed by atoms with Crippen LogP contribution in [-0.2, 0) is 5.54 Å². The third-order valence-electron chi connectivity index (χ3n) is 2.76. The molecule has 1 heterocycles. The Morgan fingerprint density at radius 2 is 2.16 bits per heavy atom. The lowest BCUT2D eigenvalue weighted by molar-refractivity contribution is 0.241. The van der Waals surface area contributed by atoms with Gasteiger partial charge in [-0.15, -0.1) is 0 Å². The van der Waals surface area contributed by atoms with Crippen molar-refractivity contribution in [1.82, 2.24) is 20.7 Å². The van der Waals surface area contributed by atoms with Crippen molar-refractivity contribution >= 4 is 11.7 Å². The van der Waals surface area contributed by atoms with E-state index in [1.54, 1.807) is 6.20 Å². The molecule has 1 aromatic heterocycles. The predicted molar refractivity (Wildman–Crippen MR) is 72.7 cm³/mol. The molecule has 0 saturated carbocycles. The van der Waals surface area contributed by atoms with Gasteiger partial charge in [0.15, 0.2) is 0 Å². The highest BCUT2D eigenvalue weighted by molar-refractivity contribution is 5.89. The average Bonchev–Trinajstić information content (AvgIpc) is 2.81. The van der Waals surface area contributed by atoms with Gasteiger partial charge in [0.1, 0.15) is 5.69 Å². The molecule has 2 amide bonds. The molecule has 0 bridgehead atoms. The number of benzene rings is 1. The van der Waals surface area contributed by atoms with Crippen LogP contribution >= 0.6 is 0 Å². The van der Waals surface area contributed by atoms with Crippen molar-refractivity contribution in [2.45, 2.75) is 26.3 Å². The summed E-state index contributed by atoms with van der Waals surface area (Å²) in [5, 5.41) is 15.9. The Labute approximate surface area is 111 Å². The highest BCUT2D eigenvalue weighted by atomic mass is 16.2. The van der Waals surface area contributed by atoms with Gasteiger partial charge in [-0.2, -0.15) is 15.4 Å². The van der Waals surface area contributed by atoms with Crippen molar-refractivity contribution in [2.24, 2.45) is 0 Å². The van der Waals surface area contributed by atoms with Crippen LogP contribution in [0.15, 0.2) is 30.5 Å². The molecule has 1 aromatic carbocycles. The van der Waals surface area contributed by atoms with Crippen molar-refractivity contribution in [3.63, 3.8) is 0 Å². The molecule has 0 unspecified atom stereocenters. The number of amides is 2. The Morgan fingerprint density at radius 1 is 1.37 bits per heavy atom. The second kappa shape index (κ2) is 5.09. The van der Waals surface area contributed by atoms with Crippen molar-refractivity contribution in [1.29, 1.82) is 0 Å². The van der Waals surface area contributed by atoms with Gasteiger partial charge in [-0.25, -0.2) is 4.79 Å². The van der Waals surface area contributed by atoms with Crippen LogP contribution in [-0.4, -0.2) is 21.4 Å². The zero-order chi connectivity index (χ0) is 13.9. The fourth-order valence-electron chi connectivity index (χ4n) is 1.74. The summed E-state index contributed by atoms with van der Waals surface area (Å²) in [6.07, 6.45) is 1.59. The fourth-order valence-corrected chi connectivity index (χ4v) is 1.74. The van der Waals surface area contributed by atoms with Crippen molar-refractivity contribution in [3.8, 4) is 0 Å². The number of hydrogen-bond donors (Lipinski definition) is 3. The van der Waals surface area contributed by atoms with Crippen LogP contribution < -0.4 is 10.6 Å². The van der Waals surface area contributed by atoms with Gasteiger partial charge in [0.2, 0.25) is 0 Å². The number of aromatic amines is 1. The van der Waals surface area contributed by atoms with E-state index in [1.807, 2.05) is 45.0 Å². The third-order valence-corrected chi connectivity index (χ3v) is 2.76. The van der Waals surface area contributed by atoms with Crippen LogP contribution in [0, 0.1) is 6.92 Å². The first kappa shape index (κ1) is 13.1. The number of anilines is 1. The topological polar surface area (TPSA) is 82.7 Å². The van der Waals surface area contributed by atoms with E-state index < -0.39 is 5.54 Å². The molecule has 0 radical (unpaired) electrons. The minimum absolute atomic E-state index is 0.279. The maximum atomic E-state index is 12.0. The van der Waals surface area contributed by atoms with E-state index in [2.05, 4.69) is 26.0 Å². The molecule has 0 atom stereocenters. The lowest BCUT2D eigenvalue weighted by Crippen LogP contribution is -2.43. The molecule has 2 rings (SSSR count). The largest absolute Gasteiger partial charge is 0.327 e. The summed E-state index contributed by atoms with van der Waals surface area (Å²) in [6, 6.07) is 7.34. The number of nitrogens with zero attached hydrogens (tertiary/aromatic N) is 2. The molecule has 6 heteroatoms. The molecule has 0 aliphatic carbocycles. The minimum atomic E-state index is -0.596. The standard InChI is InChI=1S/C13H17N5O/c1-9-5-4-6-10(7-9)15-12(19)16-13(2,3)11-8-14-18-17-11/h4-8H,1-3H3,(H,14,17,18)(H2,15,16,19). The van der Waals surface area contributed by atoms with E-state index in [-0.39, 0.29) is 6.03 Å². The van der Waals surface area contributed by atoms with Gasteiger partial charge in [-0.3, -0.25) is 0 Å². The molecule has 100 valence electrons. The Balaban J connectivity index is 2.02. The minimum Gasteiger partial charge on any atom is -0.327 e. The SMILES string of the molecule is Cc1cccc(NC(=O)NC(C)(C)c2cn[nH]n2)c1. The molecule has 0 aliphatic rings. The first-order valence-electron chi connectivity index (χ1n) is 5.99. The number of nitrogens with one attached hydrogen (secondary N) is 3. The van der Waals surface area contributed by atoms with Gasteiger partial charge >= 0.3 is 6.03 Å². The highest BCUT2D eigenvalue weighted by Gasteiger charge is 2.25. The summed E-state index contributed by atoms with van der Waals surface area (Å²) in [6.45, 7) is 5.70. The van der Waals surface area contributed by atoms with Gasteiger partial charge in [0, 0.05) is 5.69 Å². The zero-order valence-corrected chi connectivity index (χ0v) is 11.2. The number of urea groups is 1. The van der Waals surface area contributed by atoms with E-state index >= 15 is 0 Å². The van der Waals surface area contributed by atoms with Crippen LogP contribution in [0.4, 0.5) is 10.5 Å². The summed E-state index contributed by atoms with van der Waals surface area (Å²) < 4.78 is 0. The molecule has 19 heavy (non-hydrogen) atoms. The first-order chi connectivity index (χ1) is 8.97. The molecule has 6 nitrogen and oxygen atoms in total. The van der Waals surface area contributed by atoms with E-state index in [0.29, 0.717) is 5.69 Å². The quantitative estimate of drug-likeness (QED) is 0.790. The zero-order valence-electron chi connectivity index (χ0n) is 11.2. The molecular formula is C13H17N5O. The number of rotatable bonds is 3. The Hall–Kier alpha value is -2.37.